The highest BCUT2D eigenvalue weighted by Gasteiger charge is 2.55. The zero-order chi connectivity index (χ0) is 48.0. The minimum Gasteiger partial charge on any atom is -0.456 e. The summed E-state index contributed by atoms with van der Waals surface area (Å²) in [7, 11) is -3.52. The molecule has 0 amide bonds. The number of para-hydroxylation sites is 6. The van der Waals surface area contributed by atoms with E-state index < -0.39 is 12.6 Å². The number of hydrogen-bond donors (Lipinski definition) is 0. The molecule has 73 heavy (non-hydrogen) atoms. The lowest BCUT2D eigenvalue weighted by Gasteiger charge is -2.50. The molecular formula is C67H42N3O2P. The molecule has 342 valence electrons. The highest BCUT2D eigenvalue weighted by molar-refractivity contribution is 7.85. The third-order valence-corrected chi connectivity index (χ3v) is 19.1. The van der Waals surface area contributed by atoms with Gasteiger partial charge in [-0.3, -0.25) is 0 Å². The summed E-state index contributed by atoms with van der Waals surface area (Å²) in [5.74, 6) is 0. The van der Waals surface area contributed by atoms with Gasteiger partial charge < -0.3 is 23.0 Å². The zero-order valence-electron chi connectivity index (χ0n) is 39.4. The summed E-state index contributed by atoms with van der Waals surface area (Å²) in [6.45, 7) is 0. The Bertz CT molecular complexity index is 4670. The van der Waals surface area contributed by atoms with Crippen LogP contribution in [0.4, 0.5) is 17.1 Å². The molecule has 5 heterocycles. The van der Waals surface area contributed by atoms with E-state index in [1.807, 2.05) is 42.5 Å². The second kappa shape index (κ2) is 14.9. The summed E-state index contributed by atoms with van der Waals surface area (Å²) in [5.41, 5.74) is 14.8. The summed E-state index contributed by atoms with van der Waals surface area (Å²) in [5, 5.41) is 9.33. The molecule has 5 nitrogen and oxygen atoms in total. The van der Waals surface area contributed by atoms with Crippen molar-refractivity contribution in [3.63, 3.8) is 0 Å². The van der Waals surface area contributed by atoms with Crippen LogP contribution in [0.15, 0.2) is 259 Å². The van der Waals surface area contributed by atoms with Gasteiger partial charge in [-0.25, -0.2) is 0 Å². The van der Waals surface area contributed by atoms with E-state index in [2.05, 4.69) is 226 Å². The fourth-order valence-electron chi connectivity index (χ4n) is 13.1. The van der Waals surface area contributed by atoms with Gasteiger partial charge in [0.05, 0.1) is 38.9 Å². The lowest BCUT2D eigenvalue weighted by molar-refractivity contribution is 0.590. The molecule has 16 rings (SSSR count). The van der Waals surface area contributed by atoms with Gasteiger partial charge in [-0.15, -0.1) is 0 Å². The van der Waals surface area contributed by atoms with Crippen molar-refractivity contribution in [2.24, 2.45) is 0 Å². The molecule has 0 N–H and O–H groups in total. The number of rotatable bonds is 4. The molecular weight excluding hydrogens is 910 g/mol. The second-order valence-corrected chi connectivity index (χ2v) is 22.2. The number of fused-ring (bicyclic) bond motifs is 18. The average Bonchev–Trinajstić information content (AvgIpc) is 4.17. The monoisotopic (exact) mass is 951 g/mol. The molecule has 2 atom stereocenters. The van der Waals surface area contributed by atoms with Crippen LogP contribution in [-0.4, -0.2) is 9.13 Å². The van der Waals surface area contributed by atoms with Crippen LogP contribution in [0, 0.1) is 0 Å². The number of nitrogens with zero attached hydrogens (tertiary/aromatic N) is 3. The lowest BCUT2D eigenvalue weighted by atomic mass is 9.62. The van der Waals surface area contributed by atoms with Gasteiger partial charge in [-0.2, -0.15) is 0 Å². The molecule has 11 aromatic carbocycles. The molecule has 2 unspecified atom stereocenters. The quantitative estimate of drug-likeness (QED) is 0.165. The Kier molecular flexibility index (Phi) is 8.30. The Morgan fingerprint density at radius 1 is 0.342 bits per heavy atom. The first-order chi connectivity index (χ1) is 36.1. The third-order valence-electron chi connectivity index (χ3n) is 15.9. The Morgan fingerprint density at radius 2 is 0.890 bits per heavy atom. The van der Waals surface area contributed by atoms with E-state index in [9.17, 15) is 0 Å². The van der Waals surface area contributed by atoms with Gasteiger partial charge in [0.1, 0.15) is 11.2 Å². The summed E-state index contributed by atoms with van der Waals surface area (Å²) < 4.78 is 28.5. The third kappa shape index (κ3) is 5.28. The minimum absolute atomic E-state index is 0.726. The second-order valence-electron chi connectivity index (χ2n) is 19.5. The number of furan rings is 1. The fraction of sp³-hybridized carbons (Fsp3) is 0.0149. The molecule has 0 aliphatic carbocycles. The smallest absolute Gasteiger partial charge is 0.171 e. The van der Waals surface area contributed by atoms with Crippen molar-refractivity contribution in [2.45, 2.75) is 5.41 Å². The molecule has 0 saturated carbocycles. The Labute approximate surface area is 420 Å². The van der Waals surface area contributed by atoms with Crippen LogP contribution in [0.5, 0.6) is 0 Å². The molecule has 0 bridgehead atoms. The van der Waals surface area contributed by atoms with E-state index in [1.165, 1.54) is 32.6 Å². The zero-order valence-corrected chi connectivity index (χ0v) is 40.2. The molecule has 0 saturated heterocycles. The highest BCUT2D eigenvalue weighted by atomic mass is 31.2. The Hall–Kier alpha value is -9.15. The van der Waals surface area contributed by atoms with Crippen LogP contribution >= 0.6 is 7.14 Å². The summed E-state index contributed by atoms with van der Waals surface area (Å²) in [6.07, 6.45) is 0. The summed E-state index contributed by atoms with van der Waals surface area (Å²) in [6, 6.07) is 91.0. The number of hydrogen-bond acceptors (Lipinski definition) is 3. The Balaban J connectivity index is 1.05. The van der Waals surface area contributed by atoms with E-state index >= 15 is 4.57 Å². The van der Waals surface area contributed by atoms with Gasteiger partial charge in [0.15, 0.2) is 7.14 Å². The predicted octanol–water partition coefficient (Wildman–Crippen LogP) is 15.9. The van der Waals surface area contributed by atoms with Crippen LogP contribution < -0.4 is 20.8 Å². The molecule has 6 heteroatoms. The van der Waals surface area contributed by atoms with Crippen molar-refractivity contribution >= 4 is 106 Å². The molecule has 2 aliphatic rings. The molecule has 3 aromatic heterocycles. The van der Waals surface area contributed by atoms with Gasteiger partial charge in [0, 0.05) is 65.3 Å². The molecule has 0 fully saturated rings. The number of benzene rings is 11. The van der Waals surface area contributed by atoms with Crippen molar-refractivity contribution in [3.05, 3.63) is 277 Å². The first-order valence-corrected chi connectivity index (χ1v) is 26.7. The summed E-state index contributed by atoms with van der Waals surface area (Å²) >= 11 is 0. The van der Waals surface area contributed by atoms with Gasteiger partial charge >= 0.3 is 0 Å². The predicted molar refractivity (Wildman–Crippen MR) is 302 cm³/mol. The van der Waals surface area contributed by atoms with Gasteiger partial charge in [-0.05, 0) is 107 Å². The van der Waals surface area contributed by atoms with Crippen molar-refractivity contribution in [1.82, 2.24) is 9.13 Å². The maximum absolute atomic E-state index is 16.9. The van der Waals surface area contributed by atoms with Gasteiger partial charge in [-0.1, -0.05) is 170 Å². The van der Waals surface area contributed by atoms with Crippen molar-refractivity contribution in [2.75, 3.05) is 4.90 Å². The van der Waals surface area contributed by atoms with Crippen molar-refractivity contribution in [3.8, 4) is 11.4 Å². The normalized spacial score (nSPS) is 16.9. The largest absolute Gasteiger partial charge is 0.456 e. The lowest BCUT2D eigenvalue weighted by Crippen LogP contribution is -2.49. The molecule has 0 radical (unpaired) electrons. The Morgan fingerprint density at radius 3 is 1.60 bits per heavy atom. The van der Waals surface area contributed by atoms with E-state index in [0.717, 1.165) is 99.6 Å². The van der Waals surface area contributed by atoms with Crippen molar-refractivity contribution < 1.29 is 8.98 Å². The minimum atomic E-state index is -3.52. The fourth-order valence-corrected chi connectivity index (χ4v) is 16.2. The van der Waals surface area contributed by atoms with Gasteiger partial charge in [0.25, 0.3) is 0 Å². The van der Waals surface area contributed by atoms with Crippen LogP contribution in [0.1, 0.15) is 22.3 Å². The SMILES string of the molecule is O=P1(c2ccccc2)c2ccccc2C2(c3ccccc3N(c3ccccc3)c3cc(-n4c5ccccc5c5c6c7ccccc7n(-c7ccccc7)c6ccc54)ccc32)c2cc3c(cc21)oc1ccccc13. The molecule has 2 aliphatic heterocycles. The van der Waals surface area contributed by atoms with Crippen molar-refractivity contribution in [1.29, 1.82) is 0 Å². The average molecular weight is 952 g/mol. The maximum atomic E-state index is 16.9. The highest BCUT2D eigenvalue weighted by Crippen LogP contribution is 2.63. The maximum Gasteiger partial charge on any atom is 0.171 e. The standard InChI is InChI=1S/C67H42N3O2P/c71-73(46-24-8-3-9-25-46)63-35-19-14-30-53(63)67(54-41-50-47-26-12-18-34-61(47)72-62(50)42-64(54)73)51-29-13-17-33-57(51)69(44-22-6-2-7-23-44)60-40-45(36-37-52(60)67)70-56-32-16-11-28-49(56)66-59(70)39-38-58-65(66)48-27-10-15-31-55(48)68(58)43-20-4-1-5-21-43/h1-42H. The first kappa shape index (κ1) is 40.6. The first-order valence-electron chi connectivity index (χ1n) is 24.9. The van der Waals surface area contributed by atoms with E-state index in [4.69, 9.17) is 4.42 Å². The van der Waals surface area contributed by atoms with Crippen LogP contribution in [-0.2, 0) is 9.98 Å². The number of anilines is 3. The summed E-state index contributed by atoms with van der Waals surface area (Å²) in [4.78, 5) is 2.44. The van der Waals surface area contributed by atoms with Crippen LogP contribution in [0.2, 0.25) is 0 Å². The number of aromatic nitrogens is 2. The molecule has 1 spiro atoms. The van der Waals surface area contributed by atoms with Crippen LogP contribution in [0.25, 0.3) is 76.9 Å². The van der Waals surface area contributed by atoms with E-state index in [-0.39, 0.29) is 0 Å². The van der Waals surface area contributed by atoms with E-state index in [1.54, 1.807) is 0 Å². The van der Waals surface area contributed by atoms with Gasteiger partial charge in [0.2, 0.25) is 0 Å². The molecule has 14 aromatic rings. The topological polar surface area (TPSA) is 43.3 Å². The van der Waals surface area contributed by atoms with Crippen LogP contribution in [0.3, 0.4) is 0 Å². The van der Waals surface area contributed by atoms with E-state index in [0.29, 0.717) is 0 Å².